The Hall–Kier alpha value is -1.40. The van der Waals surface area contributed by atoms with Gasteiger partial charge < -0.3 is 10.4 Å². The zero-order valence-corrected chi connectivity index (χ0v) is 18.4. The number of halogens is 1. The molecule has 1 aromatic rings. The molecule has 166 valence electrons. The molecule has 0 spiro atoms. The normalized spacial score (nSPS) is 11.0. The number of aromatic nitrogens is 2. The molecule has 0 bridgehead atoms. The van der Waals surface area contributed by atoms with Crippen molar-refractivity contribution in [2.75, 3.05) is 11.9 Å². The summed E-state index contributed by atoms with van der Waals surface area (Å²) < 4.78 is 0. The highest BCUT2D eigenvalue weighted by atomic mass is 35.5. The fourth-order valence-corrected chi connectivity index (χ4v) is 3.51. The second-order valence-electron chi connectivity index (χ2n) is 7.74. The first kappa shape index (κ1) is 25.6. The summed E-state index contributed by atoms with van der Waals surface area (Å²) in [4.78, 5) is 29.0. The molecule has 0 fully saturated rings. The summed E-state index contributed by atoms with van der Waals surface area (Å²) in [7, 11) is 0. The molecule has 0 aliphatic carbocycles. The third-order valence-corrected chi connectivity index (χ3v) is 5.38. The molecule has 0 aliphatic heterocycles. The third kappa shape index (κ3) is 14.3. The van der Waals surface area contributed by atoms with Crippen molar-refractivity contribution in [3.8, 4) is 0 Å². The van der Waals surface area contributed by atoms with Crippen LogP contribution >= 0.6 is 11.6 Å². The number of aliphatic hydroxyl groups is 1. The standard InChI is InChI=1S/C22H38ClN3O3/c23-19-18-24-22(29)26-21(19)25-20(28)16-14-12-10-8-6-4-2-1-3-5-7-9-11-13-15-17-27/h18,27H,1-17H2,(H2,24,25,26,28,29). The predicted octanol–water partition coefficient (Wildman–Crippen LogP) is 5.60. The van der Waals surface area contributed by atoms with Gasteiger partial charge in [0.2, 0.25) is 5.91 Å². The van der Waals surface area contributed by atoms with Crippen LogP contribution in [0.5, 0.6) is 0 Å². The number of nitrogens with one attached hydrogen (secondary N) is 2. The number of unbranched alkanes of at least 4 members (excludes halogenated alkanes) is 14. The number of aromatic amines is 1. The summed E-state index contributed by atoms with van der Waals surface area (Å²) in [6.07, 6.45) is 19.9. The van der Waals surface area contributed by atoms with Gasteiger partial charge in [-0.05, 0) is 12.8 Å². The van der Waals surface area contributed by atoms with E-state index in [-0.39, 0.29) is 16.7 Å². The smallest absolute Gasteiger partial charge is 0.346 e. The number of nitrogens with zero attached hydrogens (tertiary/aromatic N) is 1. The van der Waals surface area contributed by atoms with E-state index >= 15 is 0 Å². The van der Waals surface area contributed by atoms with Gasteiger partial charge in [0.15, 0.2) is 0 Å². The minimum atomic E-state index is -0.529. The molecule has 3 N–H and O–H groups in total. The Balaban J connectivity index is 1.86. The van der Waals surface area contributed by atoms with Crippen molar-refractivity contribution in [2.45, 2.75) is 103 Å². The molecular weight excluding hydrogens is 390 g/mol. The van der Waals surface area contributed by atoms with Crippen LogP contribution in [-0.4, -0.2) is 27.6 Å². The number of carbonyl (C=O) groups is 1. The van der Waals surface area contributed by atoms with E-state index in [1.54, 1.807) is 0 Å². The largest absolute Gasteiger partial charge is 0.396 e. The first-order valence-corrected chi connectivity index (χ1v) is 11.7. The molecule has 1 amide bonds. The van der Waals surface area contributed by atoms with Crippen molar-refractivity contribution in [3.63, 3.8) is 0 Å². The molecular formula is C22H38ClN3O3. The molecule has 1 aromatic heterocycles. The lowest BCUT2D eigenvalue weighted by Gasteiger charge is -2.06. The van der Waals surface area contributed by atoms with Crippen LogP contribution in [0.3, 0.4) is 0 Å². The molecule has 0 aliphatic rings. The number of amides is 1. The van der Waals surface area contributed by atoms with Crippen LogP contribution in [0.25, 0.3) is 0 Å². The Bertz CT molecular complexity index is 607. The first-order valence-electron chi connectivity index (χ1n) is 11.3. The van der Waals surface area contributed by atoms with E-state index in [1.165, 1.54) is 76.8 Å². The minimum absolute atomic E-state index is 0.137. The maximum Gasteiger partial charge on any atom is 0.346 e. The Morgan fingerprint density at radius 1 is 0.862 bits per heavy atom. The van der Waals surface area contributed by atoms with Crippen molar-refractivity contribution in [3.05, 3.63) is 21.7 Å². The average molecular weight is 428 g/mol. The van der Waals surface area contributed by atoms with E-state index in [2.05, 4.69) is 15.3 Å². The van der Waals surface area contributed by atoms with E-state index in [9.17, 15) is 9.59 Å². The van der Waals surface area contributed by atoms with Crippen molar-refractivity contribution in [1.29, 1.82) is 0 Å². The van der Waals surface area contributed by atoms with Crippen LogP contribution in [0.4, 0.5) is 5.82 Å². The monoisotopic (exact) mass is 427 g/mol. The average Bonchev–Trinajstić information content (AvgIpc) is 2.70. The zero-order chi connectivity index (χ0) is 21.2. The van der Waals surface area contributed by atoms with Gasteiger partial charge in [-0.2, -0.15) is 0 Å². The quantitative estimate of drug-likeness (QED) is 0.266. The Morgan fingerprint density at radius 3 is 1.79 bits per heavy atom. The molecule has 0 saturated heterocycles. The van der Waals surface area contributed by atoms with E-state index in [0.29, 0.717) is 13.0 Å². The van der Waals surface area contributed by atoms with Gasteiger partial charge in [-0.1, -0.05) is 95.1 Å². The number of hydrogen-bond donors (Lipinski definition) is 3. The predicted molar refractivity (Wildman–Crippen MR) is 119 cm³/mol. The number of aliphatic hydroxyl groups excluding tert-OH is 1. The second kappa shape index (κ2) is 17.5. The van der Waals surface area contributed by atoms with Crippen molar-refractivity contribution in [1.82, 2.24) is 9.97 Å². The van der Waals surface area contributed by atoms with Crippen LogP contribution in [0.1, 0.15) is 103 Å². The van der Waals surface area contributed by atoms with E-state index < -0.39 is 5.69 Å². The topological polar surface area (TPSA) is 95.1 Å². The van der Waals surface area contributed by atoms with Gasteiger partial charge in [0.05, 0.1) is 11.2 Å². The molecule has 29 heavy (non-hydrogen) atoms. The summed E-state index contributed by atoms with van der Waals surface area (Å²) in [5.41, 5.74) is -0.529. The molecule has 0 unspecified atom stereocenters. The molecule has 6 nitrogen and oxygen atoms in total. The highest BCUT2D eigenvalue weighted by molar-refractivity contribution is 6.33. The SMILES string of the molecule is O=C(CCCCCCCCCCCCCCCCCO)Nc1[nH]c(=O)ncc1Cl. The van der Waals surface area contributed by atoms with Crippen LogP contribution in [0.2, 0.25) is 5.02 Å². The summed E-state index contributed by atoms with van der Waals surface area (Å²) in [6.45, 7) is 0.333. The first-order chi connectivity index (χ1) is 14.1. The van der Waals surface area contributed by atoms with E-state index in [0.717, 1.165) is 25.7 Å². The molecule has 0 aromatic carbocycles. The summed E-state index contributed by atoms with van der Waals surface area (Å²) in [5, 5.41) is 11.6. The molecule has 0 radical (unpaired) electrons. The van der Waals surface area contributed by atoms with Crippen molar-refractivity contribution >= 4 is 23.3 Å². The van der Waals surface area contributed by atoms with Gasteiger partial charge >= 0.3 is 5.69 Å². The van der Waals surface area contributed by atoms with Crippen LogP contribution < -0.4 is 11.0 Å². The number of carbonyl (C=O) groups excluding carboxylic acids is 1. The highest BCUT2D eigenvalue weighted by Gasteiger charge is 2.07. The lowest BCUT2D eigenvalue weighted by Crippen LogP contribution is -2.18. The van der Waals surface area contributed by atoms with Gasteiger partial charge in [0.1, 0.15) is 5.82 Å². The van der Waals surface area contributed by atoms with E-state index in [1.807, 2.05) is 0 Å². The van der Waals surface area contributed by atoms with Gasteiger partial charge in [0.25, 0.3) is 0 Å². The van der Waals surface area contributed by atoms with Crippen LogP contribution in [-0.2, 0) is 4.79 Å². The second-order valence-corrected chi connectivity index (χ2v) is 8.14. The zero-order valence-electron chi connectivity index (χ0n) is 17.7. The lowest BCUT2D eigenvalue weighted by molar-refractivity contribution is -0.116. The number of hydrogen-bond acceptors (Lipinski definition) is 4. The summed E-state index contributed by atoms with van der Waals surface area (Å²) >= 11 is 5.89. The van der Waals surface area contributed by atoms with Gasteiger partial charge in [-0.3, -0.25) is 9.78 Å². The Kier molecular flexibility index (Phi) is 15.4. The number of H-pyrrole nitrogens is 1. The van der Waals surface area contributed by atoms with Crippen LogP contribution in [0.15, 0.2) is 11.0 Å². The van der Waals surface area contributed by atoms with Crippen LogP contribution in [0, 0.1) is 0 Å². The van der Waals surface area contributed by atoms with E-state index in [4.69, 9.17) is 16.7 Å². The third-order valence-electron chi connectivity index (χ3n) is 5.09. The highest BCUT2D eigenvalue weighted by Crippen LogP contribution is 2.16. The lowest BCUT2D eigenvalue weighted by atomic mass is 10.0. The van der Waals surface area contributed by atoms with Crippen molar-refractivity contribution in [2.24, 2.45) is 0 Å². The maximum absolute atomic E-state index is 11.9. The fourth-order valence-electron chi connectivity index (χ4n) is 3.37. The fraction of sp³-hybridized carbons (Fsp3) is 0.773. The van der Waals surface area contributed by atoms with Gasteiger partial charge in [0, 0.05) is 13.0 Å². The van der Waals surface area contributed by atoms with Gasteiger partial charge in [-0.15, -0.1) is 0 Å². The van der Waals surface area contributed by atoms with Crippen molar-refractivity contribution < 1.29 is 9.90 Å². The summed E-state index contributed by atoms with van der Waals surface area (Å²) in [5.74, 6) is 0.0838. The Morgan fingerprint density at radius 2 is 1.31 bits per heavy atom. The molecule has 0 saturated carbocycles. The molecule has 7 heteroatoms. The number of rotatable bonds is 18. The minimum Gasteiger partial charge on any atom is -0.396 e. The Labute approximate surface area is 179 Å². The molecule has 1 rings (SSSR count). The van der Waals surface area contributed by atoms with Gasteiger partial charge in [-0.25, -0.2) is 9.78 Å². The molecule has 1 heterocycles. The maximum atomic E-state index is 11.9. The number of anilines is 1. The summed E-state index contributed by atoms with van der Waals surface area (Å²) in [6, 6.07) is 0. The molecule has 0 atom stereocenters.